The largest absolute Gasteiger partial charge is 0.480 e. The summed E-state index contributed by atoms with van der Waals surface area (Å²) < 4.78 is 0. The fraction of sp³-hybridized carbons (Fsp3) is 0.263. The van der Waals surface area contributed by atoms with E-state index in [2.05, 4.69) is 5.32 Å². The van der Waals surface area contributed by atoms with Crippen molar-refractivity contribution in [2.45, 2.75) is 25.3 Å². The van der Waals surface area contributed by atoms with Gasteiger partial charge in [0.15, 0.2) is 0 Å². The molecule has 0 saturated carbocycles. The van der Waals surface area contributed by atoms with Crippen molar-refractivity contribution >= 4 is 28.9 Å². The van der Waals surface area contributed by atoms with Gasteiger partial charge in [0.2, 0.25) is 0 Å². The Labute approximate surface area is 155 Å². The Morgan fingerprint density at radius 3 is 2.56 bits per heavy atom. The topological polar surface area (TPSA) is 113 Å². The molecule has 1 fully saturated rings. The van der Waals surface area contributed by atoms with Gasteiger partial charge in [0.25, 0.3) is 11.6 Å². The molecule has 0 spiro atoms. The number of benzene rings is 2. The van der Waals surface area contributed by atoms with Gasteiger partial charge in [-0.25, -0.2) is 4.79 Å². The predicted molar refractivity (Wildman–Crippen MR) is 99.1 cm³/mol. The maximum atomic E-state index is 12.8. The number of carboxylic acids is 1. The third-order valence-electron chi connectivity index (χ3n) is 4.54. The maximum absolute atomic E-state index is 12.8. The lowest BCUT2D eigenvalue weighted by molar-refractivity contribution is -0.383. The normalized spacial score (nSPS) is 16.6. The Morgan fingerprint density at radius 2 is 1.89 bits per heavy atom. The Hall–Kier alpha value is -3.42. The number of nitrogens with zero attached hydrogens (tertiary/aromatic N) is 2. The number of nitrogens with one attached hydrogen (secondary N) is 1. The summed E-state index contributed by atoms with van der Waals surface area (Å²) >= 11 is 0. The average molecular weight is 369 g/mol. The summed E-state index contributed by atoms with van der Waals surface area (Å²) in [4.78, 5) is 36.4. The molecular formula is C19H19N3O5. The summed E-state index contributed by atoms with van der Waals surface area (Å²) in [6.07, 6.45) is 1.84. The number of amides is 1. The van der Waals surface area contributed by atoms with Crippen LogP contribution >= 0.6 is 0 Å². The third-order valence-corrected chi connectivity index (χ3v) is 4.54. The van der Waals surface area contributed by atoms with Crippen LogP contribution in [0.2, 0.25) is 0 Å². The maximum Gasteiger partial charge on any atom is 0.326 e. The van der Waals surface area contributed by atoms with E-state index < -0.39 is 22.8 Å². The number of carboxylic acid groups (broad SMARTS) is 1. The second-order valence-corrected chi connectivity index (χ2v) is 6.33. The Balaban J connectivity index is 1.90. The molecule has 0 aromatic heterocycles. The summed E-state index contributed by atoms with van der Waals surface area (Å²) in [6.45, 7) is 0.327. The van der Waals surface area contributed by atoms with Crippen molar-refractivity contribution in [3.63, 3.8) is 0 Å². The number of aliphatic carboxylic acids is 1. The minimum Gasteiger partial charge on any atom is -0.480 e. The van der Waals surface area contributed by atoms with Gasteiger partial charge in [-0.2, -0.15) is 0 Å². The van der Waals surface area contributed by atoms with Crippen LogP contribution in [0.1, 0.15) is 29.6 Å². The summed E-state index contributed by atoms with van der Waals surface area (Å²) in [5.41, 5.74) is 0.805. The molecule has 27 heavy (non-hydrogen) atoms. The van der Waals surface area contributed by atoms with Gasteiger partial charge in [-0.05, 0) is 43.5 Å². The zero-order valence-corrected chi connectivity index (χ0v) is 14.5. The van der Waals surface area contributed by atoms with Crippen molar-refractivity contribution in [3.05, 3.63) is 64.2 Å². The van der Waals surface area contributed by atoms with Crippen molar-refractivity contribution in [1.29, 1.82) is 0 Å². The van der Waals surface area contributed by atoms with Gasteiger partial charge in [-0.3, -0.25) is 14.9 Å². The van der Waals surface area contributed by atoms with Crippen molar-refractivity contribution in [2.75, 3.05) is 11.9 Å². The van der Waals surface area contributed by atoms with Gasteiger partial charge in [-0.15, -0.1) is 0 Å². The molecule has 2 aromatic carbocycles. The lowest BCUT2D eigenvalue weighted by Gasteiger charge is -2.33. The van der Waals surface area contributed by atoms with E-state index in [0.717, 1.165) is 6.42 Å². The number of nitro benzene ring substituents is 1. The van der Waals surface area contributed by atoms with E-state index in [-0.39, 0.29) is 16.9 Å². The van der Waals surface area contributed by atoms with E-state index in [0.29, 0.717) is 25.1 Å². The van der Waals surface area contributed by atoms with Crippen molar-refractivity contribution in [1.82, 2.24) is 4.90 Å². The highest BCUT2D eigenvalue weighted by Crippen LogP contribution is 2.30. The van der Waals surface area contributed by atoms with Gasteiger partial charge >= 0.3 is 5.97 Å². The summed E-state index contributed by atoms with van der Waals surface area (Å²) in [7, 11) is 0. The fourth-order valence-corrected chi connectivity index (χ4v) is 3.20. The van der Waals surface area contributed by atoms with Gasteiger partial charge < -0.3 is 15.3 Å². The smallest absolute Gasteiger partial charge is 0.326 e. The number of hydrogen-bond donors (Lipinski definition) is 2. The minimum absolute atomic E-state index is 0.105. The molecule has 1 atom stereocenters. The molecule has 1 amide bonds. The molecule has 1 aliphatic rings. The quantitative estimate of drug-likeness (QED) is 0.617. The van der Waals surface area contributed by atoms with Crippen LogP contribution in [0.5, 0.6) is 0 Å². The van der Waals surface area contributed by atoms with E-state index in [1.807, 2.05) is 6.07 Å². The molecule has 8 nitrogen and oxygen atoms in total. The number of hydrogen-bond acceptors (Lipinski definition) is 5. The molecule has 2 aromatic rings. The first-order chi connectivity index (χ1) is 13.0. The van der Waals surface area contributed by atoms with Gasteiger partial charge in [0.05, 0.1) is 4.92 Å². The lowest BCUT2D eigenvalue weighted by atomic mass is 10.0. The first-order valence-electron chi connectivity index (χ1n) is 8.61. The number of para-hydroxylation sites is 1. The molecule has 2 N–H and O–H groups in total. The molecule has 1 aliphatic heterocycles. The number of likely N-dealkylation sites (tertiary alicyclic amines) is 1. The number of anilines is 2. The number of piperidine rings is 1. The lowest BCUT2D eigenvalue weighted by Crippen LogP contribution is -2.48. The summed E-state index contributed by atoms with van der Waals surface area (Å²) in [5.74, 6) is -1.56. The van der Waals surface area contributed by atoms with Crippen LogP contribution in [0, 0.1) is 10.1 Å². The van der Waals surface area contributed by atoms with Crippen molar-refractivity contribution in [3.8, 4) is 0 Å². The van der Waals surface area contributed by atoms with Crippen LogP contribution in [0.15, 0.2) is 48.5 Å². The highest BCUT2D eigenvalue weighted by Gasteiger charge is 2.33. The molecule has 140 valence electrons. The number of nitro groups is 1. The SMILES string of the molecule is O=C(O)[C@H]1CCCCN1C(=O)c1ccc(Nc2ccccc2)c([N+](=O)[O-])c1. The van der Waals surface area contributed by atoms with E-state index in [9.17, 15) is 24.8 Å². The summed E-state index contributed by atoms with van der Waals surface area (Å²) in [5, 5.41) is 23.8. The number of carbonyl (C=O) groups excluding carboxylic acids is 1. The second kappa shape index (κ2) is 7.86. The van der Waals surface area contributed by atoms with Crippen LogP contribution in [0.4, 0.5) is 17.1 Å². The zero-order chi connectivity index (χ0) is 19.4. The Bertz CT molecular complexity index is 869. The van der Waals surface area contributed by atoms with Crippen LogP contribution in [0.3, 0.4) is 0 Å². The second-order valence-electron chi connectivity index (χ2n) is 6.33. The highest BCUT2D eigenvalue weighted by atomic mass is 16.6. The Kier molecular flexibility index (Phi) is 5.35. The van der Waals surface area contributed by atoms with E-state index in [1.54, 1.807) is 24.3 Å². The molecule has 1 heterocycles. The molecular weight excluding hydrogens is 350 g/mol. The molecule has 1 saturated heterocycles. The third kappa shape index (κ3) is 4.05. The Morgan fingerprint density at radius 1 is 1.15 bits per heavy atom. The molecule has 0 unspecified atom stereocenters. The van der Waals surface area contributed by atoms with Crippen molar-refractivity contribution < 1.29 is 19.6 Å². The molecule has 8 heteroatoms. The number of rotatable bonds is 5. The highest BCUT2D eigenvalue weighted by molar-refractivity contribution is 5.98. The standard InChI is InChI=1S/C19H19N3O5/c23-18(21-11-5-4-8-16(21)19(24)25)13-9-10-15(17(12-13)22(26)27)20-14-6-2-1-3-7-14/h1-3,6-7,9-10,12,16,20H,4-5,8,11H2,(H,24,25)/t16-/m1/s1. The average Bonchev–Trinajstić information content (AvgIpc) is 2.68. The van der Waals surface area contributed by atoms with Gasteiger partial charge in [0.1, 0.15) is 11.7 Å². The van der Waals surface area contributed by atoms with Crippen molar-refractivity contribution in [2.24, 2.45) is 0 Å². The first kappa shape index (κ1) is 18.4. The molecule has 3 rings (SSSR count). The van der Waals surface area contributed by atoms with Gasteiger partial charge in [-0.1, -0.05) is 18.2 Å². The molecule has 0 radical (unpaired) electrons. The van der Waals surface area contributed by atoms with E-state index >= 15 is 0 Å². The zero-order valence-electron chi connectivity index (χ0n) is 14.5. The number of carbonyl (C=O) groups is 2. The fourth-order valence-electron chi connectivity index (χ4n) is 3.20. The summed E-state index contributed by atoms with van der Waals surface area (Å²) in [6, 6.07) is 12.2. The van der Waals surface area contributed by atoms with Crippen LogP contribution < -0.4 is 5.32 Å². The van der Waals surface area contributed by atoms with Crippen LogP contribution in [-0.2, 0) is 4.79 Å². The van der Waals surface area contributed by atoms with Gasteiger partial charge in [0, 0.05) is 23.9 Å². The van der Waals surface area contributed by atoms with Crippen LogP contribution in [-0.4, -0.2) is 39.4 Å². The van der Waals surface area contributed by atoms with E-state index in [4.69, 9.17) is 0 Å². The predicted octanol–water partition coefficient (Wildman–Crippen LogP) is 3.42. The minimum atomic E-state index is -1.06. The van der Waals surface area contributed by atoms with Crippen LogP contribution in [0.25, 0.3) is 0 Å². The first-order valence-corrected chi connectivity index (χ1v) is 8.61. The molecule has 0 aliphatic carbocycles. The van der Waals surface area contributed by atoms with E-state index in [1.165, 1.54) is 23.1 Å². The monoisotopic (exact) mass is 369 g/mol. The molecule has 0 bridgehead atoms.